The van der Waals surface area contributed by atoms with Crippen molar-refractivity contribution in [3.8, 4) is 11.1 Å². The van der Waals surface area contributed by atoms with Crippen molar-refractivity contribution < 1.29 is 33.9 Å². The number of aromatic nitrogens is 2. The number of hydrogen-bond acceptors (Lipinski definition) is 0. The standard InChI is InChI=1S/C12H14N2.4ClH/c1-13-7-3-11(4-8-13)12-5-9-14(2)10-6-12;;;;/h3-10H,1-2H3;4*1H/q+2;;;;/p-2. The van der Waals surface area contributed by atoms with E-state index in [0.29, 0.717) is 0 Å². The van der Waals surface area contributed by atoms with Gasteiger partial charge in [-0.15, -0.1) is 24.8 Å². The second-order valence-corrected chi connectivity index (χ2v) is 3.50. The van der Waals surface area contributed by atoms with E-state index >= 15 is 0 Å². The molecule has 0 saturated carbocycles. The number of halogens is 4. The van der Waals surface area contributed by atoms with Crippen molar-refractivity contribution in [1.29, 1.82) is 0 Å². The first kappa shape index (κ1) is 22.6. The lowest BCUT2D eigenvalue weighted by atomic mass is 10.1. The largest absolute Gasteiger partial charge is 1.00 e. The van der Waals surface area contributed by atoms with Crippen molar-refractivity contribution in [3.05, 3.63) is 49.1 Å². The van der Waals surface area contributed by atoms with E-state index in [4.69, 9.17) is 0 Å². The van der Waals surface area contributed by atoms with Crippen LogP contribution in [0.2, 0.25) is 0 Å². The Morgan fingerprint density at radius 2 is 0.833 bits per heavy atom. The van der Waals surface area contributed by atoms with E-state index in [1.165, 1.54) is 11.1 Å². The highest BCUT2D eigenvalue weighted by Gasteiger charge is 2.00. The zero-order valence-corrected chi connectivity index (χ0v) is 13.2. The van der Waals surface area contributed by atoms with Gasteiger partial charge in [0.25, 0.3) is 0 Å². The van der Waals surface area contributed by atoms with Crippen LogP contribution in [0.25, 0.3) is 11.1 Å². The Kier molecular flexibility index (Phi) is 13.1. The third-order valence-corrected chi connectivity index (χ3v) is 2.29. The Morgan fingerprint density at radius 1 is 0.611 bits per heavy atom. The highest BCUT2D eigenvalue weighted by Crippen LogP contribution is 2.14. The third kappa shape index (κ3) is 5.87. The maximum absolute atomic E-state index is 2.12. The van der Waals surface area contributed by atoms with Crippen molar-refractivity contribution in [1.82, 2.24) is 0 Å². The quantitative estimate of drug-likeness (QED) is 0.469. The summed E-state index contributed by atoms with van der Waals surface area (Å²) in [5.41, 5.74) is 2.51. The summed E-state index contributed by atoms with van der Waals surface area (Å²) < 4.78 is 4.07. The van der Waals surface area contributed by atoms with E-state index in [0.717, 1.165) is 0 Å². The molecule has 0 spiro atoms. The third-order valence-electron chi connectivity index (χ3n) is 2.29. The zero-order chi connectivity index (χ0) is 9.97. The molecule has 0 aliphatic heterocycles. The molecule has 0 saturated heterocycles. The predicted molar refractivity (Wildman–Crippen MR) is 68.7 cm³/mol. The van der Waals surface area contributed by atoms with Crippen LogP contribution in [0.1, 0.15) is 0 Å². The van der Waals surface area contributed by atoms with E-state index < -0.39 is 0 Å². The molecule has 0 unspecified atom stereocenters. The molecule has 2 nitrogen and oxygen atoms in total. The zero-order valence-electron chi connectivity index (χ0n) is 10.1. The molecule has 0 amide bonds. The van der Waals surface area contributed by atoms with Crippen LogP contribution in [0.4, 0.5) is 0 Å². The summed E-state index contributed by atoms with van der Waals surface area (Å²) in [5.74, 6) is 0. The van der Waals surface area contributed by atoms with Gasteiger partial charge in [0.1, 0.15) is 14.1 Å². The normalized spacial score (nSPS) is 7.89. The lowest BCUT2D eigenvalue weighted by Gasteiger charge is -1.97. The van der Waals surface area contributed by atoms with Gasteiger partial charge in [0.05, 0.1) is 0 Å². The lowest BCUT2D eigenvalue weighted by Crippen LogP contribution is -3.00. The SMILES string of the molecule is C[n+]1ccc(-c2cc[n+](C)cc2)cc1.Cl.Cl.[Cl-].[Cl-]. The van der Waals surface area contributed by atoms with E-state index in [-0.39, 0.29) is 49.6 Å². The van der Waals surface area contributed by atoms with Gasteiger partial charge in [-0.25, -0.2) is 9.13 Å². The number of rotatable bonds is 1. The first-order valence-corrected chi connectivity index (χ1v) is 4.67. The van der Waals surface area contributed by atoms with Crippen LogP contribution in [0, 0.1) is 0 Å². The molecule has 2 rings (SSSR count). The number of aryl methyl sites for hydroxylation is 2. The fraction of sp³-hybridized carbons (Fsp3) is 0.167. The van der Waals surface area contributed by atoms with Gasteiger partial charge in [-0.1, -0.05) is 0 Å². The fourth-order valence-corrected chi connectivity index (χ4v) is 1.39. The highest BCUT2D eigenvalue weighted by atomic mass is 35.5. The summed E-state index contributed by atoms with van der Waals surface area (Å²) in [7, 11) is 4.05. The molecule has 0 bridgehead atoms. The van der Waals surface area contributed by atoms with E-state index in [1.807, 2.05) is 23.2 Å². The van der Waals surface area contributed by atoms with Crippen LogP contribution in [0.15, 0.2) is 49.1 Å². The molecular formula is C12H16Cl4N2. The molecule has 0 radical (unpaired) electrons. The maximum Gasteiger partial charge on any atom is 0.169 e. The maximum atomic E-state index is 2.12. The second kappa shape index (κ2) is 10.4. The van der Waals surface area contributed by atoms with E-state index in [9.17, 15) is 0 Å². The Morgan fingerprint density at radius 3 is 1.06 bits per heavy atom. The van der Waals surface area contributed by atoms with Gasteiger partial charge < -0.3 is 24.8 Å². The molecule has 0 atom stereocenters. The molecule has 102 valence electrons. The van der Waals surface area contributed by atoms with Crippen molar-refractivity contribution >= 4 is 24.8 Å². The molecule has 6 heteroatoms. The topological polar surface area (TPSA) is 7.76 Å². The summed E-state index contributed by atoms with van der Waals surface area (Å²) in [6, 6.07) is 8.48. The lowest BCUT2D eigenvalue weighted by molar-refractivity contribution is -0.671. The van der Waals surface area contributed by atoms with Crippen molar-refractivity contribution in [2.45, 2.75) is 0 Å². The molecule has 0 fully saturated rings. The number of hydrogen-bond donors (Lipinski definition) is 0. The molecule has 2 aromatic heterocycles. The molecule has 0 aromatic carbocycles. The van der Waals surface area contributed by atoms with Gasteiger partial charge in [0.15, 0.2) is 24.8 Å². The monoisotopic (exact) mass is 328 g/mol. The van der Waals surface area contributed by atoms with Gasteiger partial charge in [0, 0.05) is 24.3 Å². The molecule has 2 heterocycles. The highest BCUT2D eigenvalue weighted by molar-refractivity contribution is 5.85. The van der Waals surface area contributed by atoms with Crippen LogP contribution in [0.3, 0.4) is 0 Å². The predicted octanol–water partition coefficient (Wildman–Crippen LogP) is -4.15. The summed E-state index contributed by atoms with van der Waals surface area (Å²) in [4.78, 5) is 0. The van der Waals surface area contributed by atoms with E-state index in [1.54, 1.807) is 0 Å². The second-order valence-electron chi connectivity index (χ2n) is 3.50. The molecule has 18 heavy (non-hydrogen) atoms. The van der Waals surface area contributed by atoms with Gasteiger partial charge >= 0.3 is 0 Å². The Bertz CT molecular complexity index is 385. The minimum Gasteiger partial charge on any atom is -1.00 e. The smallest absolute Gasteiger partial charge is 0.169 e. The average Bonchev–Trinajstić information content (AvgIpc) is 2.21. The van der Waals surface area contributed by atoms with Crippen LogP contribution in [-0.2, 0) is 14.1 Å². The first-order chi connectivity index (χ1) is 6.75. The molecule has 0 N–H and O–H groups in total. The summed E-state index contributed by atoms with van der Waals surface area (Å²) in [6.07, 6.45) is 8.23. The van der Waals surface area contributed by atoms with Gasteiger partial charge in [-0.2, -0.15) is 0 Å². The summed E-state index contributed by atoms with van der Waals surface area (Å²) in [6.45, 7) is 0. The minimum atomic E-state index is 0. The molecule has 0 aliphatic carbocycles. The van der Waals surface area contributed by atoms with Crippen LogP contribution in [-0.4, -0.2) is 0 Å². The number of pyridine rings is 2. The average molecular weight is 330 g/mol. The van der Waals surface area contributed by atoms with Crippen molar-refractivity contribution in [2.24, 2.45) is 14.1 Å². The van der Waals surface area contributed by atoms with Gasteiger partial charge in [-0.3, -0.25) is 0 Å². The Labute approximate surface area is 133 Å². The molecular weight excluding hydrogens is 314 g/mol. The molecule has 0 aliphatic rings. The van der Waals surface area contributed by atoms with Crippen LogP contribution in [0.5, 0.6) is 0 Å². The van der Waals surface area contributed by atoms with Gasteiger partial charge in [0.2, 0.25) is 0 Å². The Hall–Kier alpha value is -0.540. The van der Waals surface area contributed by atoms with Crippen molar-refractivity contribution in [3.63, 3.8) is 0 Å². The summed E-state index contributed by atoms with van der Waals surface area (Å²) >= 11 is 0. The Balaban J connectivity index is -0.000000562. The number of nitrogens with zero attached hydrogens (tertiary/aromatic N) is 2. The van der Waals surface area contributed by atoms with Crippen LogP contribution < -0.4 is 33.9 Å². The summed E-state index contributed by atoms with van der Waals surface area (Å²) in [5, 5.41) is 0. The molecule has 2 aromatic rings. The fourth-order valence-electron chi connectivity index (χ4n) is 1.39. The van der Waals surface area contributed by atoms with Crippen LogP contribution >= 0.6 is 24.8 Å². The van der Waals surface area contributed by atoms with E-state index in [2.05, 4.69) is 49.1 Å². The van der Waals surface area contributed by atoms with Gasteiger partial charge in [-0.05, 0) is 11.1 Å². The first-order valence-electron chi connectivity index (χ1n) is 4.67. The van der Waals surface area contributed by atoms with Crippen molar-refractivity contribution in [2.75, 3.05) is 0 Å². The minimum absolute atomic E-state index is 0.